The Hall–Kier alpha value is -7.72. The highest BCUT2D eigenvalue weighted by molar-refractivity contribution is 7.90. The summed E-state index contributed by atoms with van der Waals surface area (Å²) < 4.78 is 67.0. The molecule has 0 saturated heterocycles. The highest BCUT2D eigenvalue weighted by Crippen LogP contribution is 2.34. The number of nitrogens with zero attached hydrogens (tertiary/aromatic N) is 5. The van der Waals surface area contributed by atoms with Crippen molar-refractivity contribution in [3.05, 3.63) is 140 Å². The van der Waals surface area contributed by atoms with Gasteiger partial charge in [0.05, 0.1) is 0 Å². The molecule has 0 bridgehead atoms. The highest BCUT2D eigenvalue weighted by atomic mass is 32.2. The number of ether oxygens (including phenoxy) is 2. The summed E-state index contributed by atoms with van der Waals surface area (Å²) in [6.07, 6.45) is 0. The van der Waals surface area contributed by atoms with Crippen LogP contribution in [0, 0.1) is 51.7 Å². The van der Waals surface area contributed by atoms with Crippen LogP contribution in [0.1, 0.15) is 95.6 Å². The number of carbonyl (C=O) groups excluding carboxylic acids is 2. The Kier molecular flexibility index (Phi) is 15.9. The van der Waals surface area contributed by atoms with E-state index in [4.69, 9.17) is 15.2 Å². The number of amides is 2. The van der Waals surface area contributed by atoms with E-state index in [-0.39, 0.29) is 44.8 Å². The maximum absolute atomic E-state index is 13.1. The standard InChI is InChI=1S/C24H27N5O6S.C24H29N5O4S/c1-14-12-15(2)21(16(3)13-14)35-23-17(10-11-18(25-23)27-24(4,5)6)22(30)28-36(33,34)20-9-7-8-19(26-20)29(31)32;1-14-12-15(2)21(16(3)13-14)33-23-17(10-11-19(27-23)28-24(4,5)6)22(30)29-34(31,32)20-9-7-8-18(25)26-20/h7-13H,1-6H3,(H,25,27)(H,28,30);7-13H,1-6H3,(H2,25,26)(H,27,28)(H,29,30). The molecule has 0 radical (unpaired) electrons. The van der Waals surface area contributed by atoms with Crippen LogP contribution in [0.25, 0.3) is 0 Å². The molecule has 0 aliphatic rings. The highest BCUT2D eigenvalue weighted by Gasteiger charge is 2.29. The lowest BCUT2D eigenvalue weighted by atomic mass is 10.1. The third kappa shape index (κ3) is 14.2. The van der Waals surface area contributed by atoms with Crippen LogP contribution in [0.3, 0.4) is 0 Å². The van der Waals surface area contributed by atoms with Gasteiger partial charge in [0.2, 0.25) is 11.8 Å². The zero-order valence-electron chi connectivity index (χ0n) is 40.8. The van der Waals surface area contributed by atoms with E-state index in [1.54, 1.807) is 6.07 Å². The maximum Gasteiger partial charge on any atom is 0.364 e. The van der Waals surface area contributed by atoms with Crippen LogP contribution < -0.4 is 35.3 Å². The number of anilines is 3. The topological polar surface area (TPSA) is 290 Å². The summed E-state index contributed by atoms with van der Waals surface area (Å²) in [7, 11) is -8.80. The number of aromatic nitrogens is 4. The average Bonchev–Trinajstić information content (AvgIpc) is 3.22. The number of pyridine rings is 4. The summed E-state index contributed by atoms with van der Waals surface area (Å²) in [5.41, 5.74) is 10.2. The summed E-state index contributed by atoms with van der Waals surface area (Å²) in [5.74, 6) is -0.813. The molecule has 0 unspecified atom stereocenters. The smallest absolute Gasteiger partial charge is 0.364 e. The van der Waals surface area contributed by atoms with Crippen molar-refractivity contribution in [2.75, 3.05) is 16.4 Å². The van der Waals surface area contributed by atoms with Crippen molar-refractivity contribution >= 4 is 55.1 Å². The first kappa shape index (κ1) is 53.2. The van der Waals surface area contributed by atoms with Crippen molar-refractivity contribution in [1.82, 2.24) is 29.4 Å². The molecular weight excluding hydrogens is 941 g/mol. The predicted octanol–water partition coefficient (Wildman–Crippen LogP) is 8.54. The molecular formula is C48H56N10O10S2. The number of aryl methyl sites for hydroxylation is 6. The van der Waals surface area contributed by atoms with Gasteiger partial charge in [-0.1, -0.05) is 41.5 Å². The van der Waals surface area contributed by atoms with E-state index < -0.39 is 47.6 Å². The molecule has 6 N–H and O–H groups in total. The van der Waals surface area contributed by atoms with Gasteiger partial charge in [0, 0.05) is 23.2 Å². The summed E-state index contributed by atoms with van der Waals surface area (Å²) in [6, 6.07) is 21.1. The van der Waals surface area contributed by atoms with Crippen molar-refractivity contribution in [1.29, 1.82) is 0 Å². The van der Waals surface area contributed by atoms with Crippen LogP contribution in [0.2, 0.25) is 0 Å². The van der Waals surface area contributed by atoms with Gasteiger partial charge < -0.3 is 36.0 Å². The third-order valence-corrected chi connectivity index (χ3v) is 11.9. The molecule has 0 aliphatic carbocycles. The lowest BCUT2D eigenvalue weighted by molar-refractivity contribution is -0.390. The first-order valence-electron chi connectivity index (χ1n) is 21.5. The van der Waals surface area contributed by atoms with Gasteiger partial charge in [-0.3, -0.25) is 9.59 Å². The number of nitrogen functional groups attached to an aromatic ring is 1. The Morgan fingerprint density at radius 2 is 0.943 bits per heavy atom. The fourth-order valence-corrected chi connectivity index (χ4v) is 8.70. The predicted molar refractivity (Wildman–Crippen MR) is 266 cm³/mol. The van der Waals surface area contributed by atoms with E-state index in [1.165, 1.54) is 36.4 Å². The zero-order valence-corrected chi connectivity index (χ0v) is 42.4. The van der Waals surface area contributed by atoms with Crippen LogP contribution in [0.4, 0.5) is 23.3 Å². The number of hydrogen-bond acceptors (Lipinski definition) is 17. The van der Waals surface area contributed by atoms with Crippen molar-refractivity contribution in [3.8, 4) is 23.3 Å². The minimum atomic E-state index is -4.53. The normalized spacial score (nSPS) is 11.7. The molecule has 370 valence electrons. The second-order valence-corrected chi connectivity index (χ2v) is 21.6. The Balaban J connectivity index is 0.000000261. The average molecular weight is 997 g/mol. The maximum atomic E-state index is 13.1. The van der Waals surface area contributed by atoms with Crippen molar-refractivity contribution < 1.29 is 40.8 Å². The molecule has 0 aliphatic heterocycles. The number of nitro groups is 1. The van der Waals surface area contributed by atoms with Gasteiger partial charge in [-0.25, -0.2) is 14.4 Å². The molecule has 22 heteroatoms. The van der Waals surface area contributed by atoms with E-state index in [0.29, 0.717) is 23.1 Å². The summed E-state index contributed by atoms with van der Waals surface area (Å²) in [4.78, 5) is 52.5. The molecule has 6 aromatic rings. The van der Waals surface area contributed by atoms with Crippen LogP contribution in [-0.2, 0) is 20.0 Å². The minimum absolute atomic E-state index is 0.0175. The fourth-order valence-electron chi connectivity index (χ4n) is 6.83. The molecule has 0 fully saturated rings. The van der Waals surface area contributed by atoms with Gasteiger partial charge >= 0.3 is 15.8 Å². The van der Waals surface area contributed by atoms with Gasteiger partial charge in [-0.15, -0.1) is 0 Å². The largest absolute Gasteiger partial charge is 0.438 e. The molecule has 0 atom stereocenters. The van der Waals surface area contributed by atoms with E-state index >= 15 is 0 Å². The quantitative estimate of drug-likeness (QED) is 0.0535. The van der Waals surface area contributed by atoms with E-state index in [1.807, 2.05) is 117 Å². The van der Waals surface area contributed by atoms with Gasteiger partial charge in [0.1, 0.15) is 40.1 Å². The Bertz CT molecular complexity index is 3180. The summed E-state index contributed by atoms with van der Waals surface area (Å²) in [6.45, 7) is 23.1. The summed E-state index contributed by atoms with van der Waals surface area (Å²) >= 11 is 0. The molecule has 4 aromatic heterocycles. The van der Waals surface area contributed by atoms with Crippen molar-refractivity contribution in [3.63, 3.8) is 0 Å². The SMILES string of the molecule is Cc1cc(C)c(Oc2nc(NC(C)(C)C)ccc2C(=O)NS(=O)(=O)c2cccc(N)n2)c(C)c1.Cc1cc(C)c(Oc2nc(NC(C)(C)C)ccc2C(=O)NS(=O)(=O)c2cccc([N+](=O)[O-])n2)c(C)c1. The fraction of sp³-hybridized carbons (Fsp3) is 0.292. The lowest BCUT2D eigenvalue weighted by Gasteiger charge is -2.22. The van der Waals surface area contributed by atoms with Gasteiger partial charge in [-0.05, 0) is 158 Å². The minimum Gasteiger partial charge on any atom is -0.438 e. The molecule has 70 heavy (non-hydrogen) atoms. The van der Waals surface area contributed by atoms with Crippen LogP contribution in [-0.4, -0.2) is 64.6 Å². The number of sulfonamides is 2. The molecule has 6 rings (SSSR count). The van der Waals surface area contributed by atoms with Crippen LogP contribution in [0.15, 0.2) is 95.0 Å². The number of benzene rings is 2. The van der Waals surface area contributed by atoms with E-state index in [2.05, 4.69) is 30.6 Å². The Labute approximate surface area is 407 Å². The van der Waals surface area contributed by atoms with Gasteiger partial charge in [-0.2, -0.15) is 26.8 Å². The van der Waals surface area contributed by atoms with Crippen molar-refractivity contribution in [2.24, 2.45) is 0 Å². The lowest BCUT2D eigenvalue weighted by Crippen LogP contribution is -2.32. The van der Waals surface area contributed by atoms with Gasteiger partial charge in [0.15, 0.2) is 5.03 Å². The Morgan fingerprint density at radius 1 is 0.571 bits per heavy atom. The number of nitrogens with two attached hydrogens (primary N) is 1. The van der Waals surface area contributed by atoms with Crippen LogP contribution in [0.5, 0.6) is 23.3 Å². The Morgan fingerprint density at radius 3 is 1.30 bits per heavy atom. The number of hydrogen-bond donors (Lipinski definition) is 5. The second-order valence-electron chi connectivity index (χ2n) is 18.4. The van der Waals surface area contributed by atoms with E-state index in [0.717, 1.165) is 51.6 Å². The number of nitrogens with one attached hydrogen (secondary N) is 4. The molecule has 20 nitrogen and oxygen atoms in total. The molecule has 0 saturated carbocycles. The van der Waals surface area contributed by atoms with E-state index in [9.17, 15) is 36.5 Å². The second kappa shape index (κ2) is 20.9. The molecule has 2 amide bonds. The monoisotopic (exact) mass is 996 g/mol. The van der Waals surface area contributed by atoms with Crippen LogP contribution >= 0.6 is 0 Å². The summed E-state index contributed by atoms with van der Waals surface area (Å²) in [5, 5.41) is 16.4. The molecule has 0 spiro atoms. The molecule has 4 heterocycles. The van der Waals surface area contributed by atoms with Crippen molar-refractivity contribution in [2.45, 2.75) is 104 Å². The first-order valence-corrected chi connectivity index (χ1v) is 24.5. The molecule has 2 aromatic carbocycles. The first-order chi connectivity index (χ1) is 32.4. The zero-order chi connectivity index (χ0) is 52.1. The number of rotatable bonds is 13. The van der Waals surface area contributed by atoms with Gasteiger partial charge in [0.25, 0.3) is 26.9 Å². The third-order valence-electron chi connectivity index (χ3n) is 9.47. The number of carbonyl (C=O) groups is 2.